The summed E-state index contributed by atoms with van der Waals surface area (Å²) in [5.74, 6) is 0.685. The molecule has 0 radical (unpaired) electrons. The van der Waals surface area contributed by atoms with Gasteiger partial charge in [0, 0.05) is 18.3 Å². The number of rotatable bonds is 5. The van der Waals surface area contributed by atoms with Crippen molar-refractivity contribution in [2.75, 3.05) is 18.9 Å². The van der Waals surface area contributed by atoms with Crippen LogP contribution in [0.4, 0.5) is 5.69 Å². The molecule has 2 unspecified atom stereocenters. The fourth-order valence-electron chi connectivity index (χ4n) is 2.49. The summed E-state index contributed by atoms with van der Waals surface area (Å²) in [5.41, 5.74) is 6.30. The number of likely N-dealkylation sites (tertiary alicyclic amines) is 1. The van der Waals surface area contributed by atoms with Crippen molar-refractivity contribution >= 4 is 17.5 Å². The number of piperidine rings is 1. The Hall–Kier alpha value is -2.04. The molecule has 1 saturated carbocycles. The van der Waals surface area contributed by atoms with Crippen LogP contribution in [0.5, 0.6) is 5.75 Å². The molecule has 2 amide bonds. The maximum atomic E-state index is 11.7. The molecule has 3 rings (SSSR count). The Kier molecular flexibility index (Phi) is 2.89. The highest BCUT2D eigenvalue weighted by Gasteiger charge is 2.58. The van der Waals surface area contributed by atoms with Crippen molar-refractivity contribution in [1.82, 2.24) is 4.90 Å². The summed E-state index contributed by atoms with van der Waals surface area (Å²) < 4.78 is 5.53. The van der Waals surface area contributed by atoms with Crippen LogP contribution in [0.15, 0.2) is 24.3 Å². The topological polar surface area (TPSA) is 72.6 Å². The number of imide groups is 1. The van der Waals surface area contributed by atoms with Crippen molar-refractivity contribution < 1.29 is 14.3 Å². The van der Waals surface area contributed by atoms with Crippen LogP contribution in [0.2, 0.25) is 0 Å². The quantitative estimate of drug-likeness (QED) is 0.488. The van der Waals surface area contributed by atoms with Gasteiger partial charge in [-0.05, 0) is 25.0 Å². The Balaban J connectivity index is 1.44. The second-order valence-electron chi connectivity index (χ2n) is 5.05. The first-order valence-corrected chi connectivity index (χ1v) is 6.50. The molecule has 2 fully saturated rings. The predicted octanol–water partition coefficient (Wildman–Crippen LogP) is 1.04. The van der Waals surface area contributed by atoms with Crippen LogP contribution in [-0.2, 0) is 9.59 Å². The zero-order chi connectivity index (χ0) is 13.4. The van der Waals surface area contributed by atoms with Gasteiger partial charge in [-0.2, -0.15) is 0 Å². The molecule has 1 aliphatic heterocycles. The number of anilines is 1. The van der Waals surface area contributed by atoms with E-state index in [0.717, 1.165) is 6.42 Å². The van der Waals surface area contributed by atoms with E-state index in [-0.39, 0.29) is 23.7 Å². The van der Waals surface area contributed by atoms with Gasteiger partial charge in [0.25, 0.3) is 0 Å². The molecule has 1 aromatic carbocycles. The minimum absolute atomic E-state index is 0.000967. The first-order valence-electron chi connectivity index (χ1n) is 6.50. The fourth-order valence-corrected chi connectivity index (χ4v) is 2.49. The SMILES string of the molecule is Nc1cccc(OCCCN2C(=O)C3CC3C2=O)c1. The first-order chi connectivity index (χ1) is 9.16. The number of nitrogen functional groups attached to an aromatic ring is 1. The summed E-state index contributed by atoms with van der Waals surface area (Å²) in [6.07, 6.45) is 1.40. The lowest BCUT2D eigenvalue weighted by molar-refractivity contribution is -0.141. The number of amides is 2. The van der Waals surface area contributed by atoms with E-state index in [1.165, 1.54) is 4.90 Å². The fraction of sp³-hybridized carbons (Fsp3) is 0.429. The van der Waals surface area contributed by atoms with Crippen LogP contribution >= 0.6 is 0 Å². The highest BCUT2D eigenvalue weighted by atomic mass is 16.5. The zero-order valence-electron chi connectivity index (χ0n) is 10.5. The van der Waals surface area contributed by atoms with E-state index in [0.29, 0.717) is 31.0 Å². The van der Waals surface area contributed by atoms with Gasteiger partial charge in [-0.15, -0.1) is 0 Å². The molecule has 5 nitrogen and oxygen atoms in total. The second kappa shape index (κ2) is 4.57. The van der Waals surface area contributed by atoms with Crippen molar-refractivity contribution in [3.8, 4) is 5.75 Å². The normalized spacial score (nSPS) is 24.5. The molecule has 0 spiro atoms. The standard InChI is InChI=1S/C14H16N2O3/c15-9-3-1-4-10(7-9)19-6-2-5-16-13(17)11-8-12(11)14(16)18/h1,3-4,7,11-12H,2,5-6,8,15H2. The highest BCUT2D eigenvalue weighted by Crippen LogP contribution is 2.46. The highest BCUT2D eigenvalue weighted by molar-refractivity contribution is 6.08. The number of benzene rings is 1. The summed E-state index contributed by atoms with van der Waals surface area (Å²) >= 11 is 0. The molecule has 19 heavy (non-hydrogen) atoms. The van der Waals surface area contributed by atoms with Crippen LogP contribution in [0.3, 0.4) is 0 Å². The van der Waals surface area contributed by atoms with Crippen LogP contribution in [-0.4, -0.2) is 29.9 Å². The maximum absolute atomic E-state index is 11.7. The zero-order valence-corrected chi connectivity index (χ0v) is 10.5. The molecular weight excluding hydrogens is 244 g/mol. The number of hydrogen-bond donors (Lipinski definition) is 1. The number of ether oxygens (including phenoxy) is 1. The summed E-state index contributed by atoms with van der Waals surface area (Å²) in [4.78, 5) is 24.8. The number of nitrogens with zero attached hydrogens (tertiary/aromatic N) is 1. The first kappa shape index (κ1) is 12.0. The third-order valence-corrected chi connectivity index (χ3v) is 3.61. The van der Waals surface area contributed by atoms with Crippen molar-refractivity contribution in [3.05, 3.63) is 24.3 Å². The van der Waals surface area contributed by atoms with Crippen LogP contribution in [0.1, 0.15) is 12.8 Å². The number of carbonyl (C=O) groups excluding carboxylic acids is 2. The van der Waals surface area contributed by atoms with E-state index in [9.17, 15) is 9.59 Å². The molecule has 2 atom stereocenters. The minimum Gasteiger partial charge on any atom is -0.493 e. The summed E-state index contributed by atoms with van der Waals surface area (Å²) in [6.45, 7) is 0.919. The lowest BCUT2D eigenvalue weighted by Gasteiger charge is -2.16. The Bertz CT molecular complexity index is 509. The Morgan fingerprint density at radius 1 is 1.26 bits per heavy atom. The van der Waals surface area contributed by atoms with Crippen molar-refractivity contribution in [2.24, 2.45) is 11.8 Å². The molecule has 1 aromatic rings. The van der Waals surface area contributed by atoms with E-state index in [2.05, 4.69) is 0 Å². The van der Waals surface area contributed by atoms with Crippen LogP contribution in [0.25, 0.3) is 0 Å². The van der Waals surface area contributed by atoms with E-state index in [1.54, 1.807) is 12.1 Å². The summed E-state index contributed by atoms with van der Waals surface area (Å²) in [5, 5.41) is 0. The third kappa shape index (κ3) is 2.28. The summed E-state index contributed by atoms with van der Waals surface area (Å²) in [7, 11) is 0. The lowest BCUT2D eigenvalue weighted by Crippen LogP contribution is -2.34. The van der Waals surface area contributed by atoms with E-state index < -0.39 is 0 Å². The molecule has 100 valence electrons. The Morgan fingerprint density at radius 3 is 2.68 bits per heavy atom. The molecule has 2 aliphatic rings. The Morgan fingerprint density at radius 2 is 2.00 bits per heavy atom. The van der Waals surface area contributed by atoms with Crippen molar-refractivity contribution in [2.45, 2.75) is 12.8 Å². The molecule has 0 aromatic heterocycles. The number of carbonyl (C=O) groups is 2. The molecule has 5 heteroatoms. The molecule has 0 bridgehead atoms. The molecular formula is C14H16N2O3. The number of nitrogens with two attached hydrogens (primary N) is 1. The van der Waals surface area contributed by atoms with Gasteiger partial charge in [0.2, 0.25) is 11.8 Å². The average Bonchev–Trinajstić information content (AvgIpc) is 3.13. The van der Waals surface area contributed by atoms with Gasteiger partial charge < -0.3 is 10.5 Å². The van der Waals surface area contributed by atoms with Gasteiger partial charge in [-0.1, -0.05) is 6.07 Å². The van der Waals surface area contributed by atoms with Gasteiger partial charge in [-0.3, -0.25) is 14.5 Å². The molecule has 1 heterocycles. The molecule has 1 saturated heterocycles. The summed E-state index contributed by atoms with van der Waals surface area (Å²) in [6, 6.07) is 7.20. The van der Waals surface area contributed by atoms with E-state index in [4.69, 9.17) is 10.5 Å². The number of hydrogen-bond acceptors (Lipinski definition) is 4. The third-order valence-electron chi connectivity index (χ3n) is 3.61. The minimum atomic E-state index is -0.0117. The van der Waals surface area contributed by atoms with Crippen LogP contribution in [0, 0.1) is 11.8 Å². The van der Waals surface area contributed by atoms with Gasteiger partial charge in [-0.25, -0.2) is 0 Å². The Labute approximate surface area is 111 Å². The molecule has 2 N–H and O–H groups in total. The smallest absolute Gasteiger partial charge is 0.233 e. The lowest BCUT2D eigenvalue weighted by atomic mass is 10.3. The van der Waals surface area contributed by atoms with E-state index in [1.807, 2.05) is 12.1 Å². The molecule has 1 aliphatic carbocycles. The van der Waals surface area contributed by atoms with Gasteiger partial charge in [0.1, 0.15) is 5.75 Å². The van der Waals surface area contributed by atoms with Gasteiger partial charge in [0.05, 0.1) is 18.4 Å². The average molecular weight is 260 g/mol. The maximum Gasteiger partial charge on any atom is 0.233 e. The largest absolute Gasteiger partial charge is 0.493 e. The monoisotopic (exact) mass is 260 g/mol. The van der Waals surface area contributed by atoms with Crippen molar-refractivity contribution in [1.29, 1.82) is 0 Å². The number of fused-ring (bicyclic) bond motifs is 1. The van der Waals surface area contributed by atoms with Gasteiger partial charge >= 0.3 is 0 Å². The van der Waals surface area contributed by atoms with E-state index >= 15 is 0 Å². The van der Waals surface area contributed by atoms with Crippen LogP contribution < -0.4 is 10.5 Å². The van der Waals surface area contributed by atoms with Crippen molar-refractivity contribution in [3.63, 3.8) is 0 Å². The predicted molar refractivity (Wildman–Crippen MR) is 69.3 cm³/mol. The van der Waals surface area contributed by atoms with Gasteiger partial charge in [0.15, 0.2) is 0 Å². The second-order valence-corrected chi connectivity index (χ2v) is 5.05.